The maximum Gasteiger partial charge on any atom is 0.163 e. The number of aromatic nitrogens is 4. The molecular formula is C12H15ClN4. The Labute approximate surface area is 105 Å². The van der Waals surface area contributed by atoms with Crippen LogP contribution in [-0.2, 0) is 5.54 Å². The van der Waals surface area contributed by atoms with Crippen LogP contribution in [0.2, 0.25) is 5.15 Å². The van der Waals surface area contributed by atoms with Crippen LogP contribution in [0.5, 0.6) is 0 Å². The summed E-state index contributed by atoms with van der Waals surface area (Å²) in [4.78, 5) is 8.99. The van der Waals surface area contributed by atoms with Crippen LogP contribution in [0.15, 0.2) is 6.20 Å². The lowest BCUT2D eigenvalue weighted by Gasteiger charge is -2.19. The van der Waals surface area contributed by atoms with E-state index in [1.54, 1.807) is 6.20 Å². The summed E-state index contributed by atoms with van der Waals surface area (Å²) in [5.74, 6) is 1.37. The van der Waals surface area contributed by atoms with Crippen LogP contribution >= 0.6 is 11.6 Å². The van der Waals surface area contributed by atoms with E-state index < -0.39 is 0 Å². The summed E-state index contributed by atoms with van der Waals surface area (Å²) < 4.78 is 1.92. The van der Waals surface area contributed by atoms with E-state index in [4.69, 9.17) is 11.6 Å². The average Bonchev–Trinajstić information content (AvgIpc) is 2.96. The van der Waals surface area contributed by atoms with Crippen molar-refractivity contribution in [3.63, 3.8) is 0 Å². The highest BCUT2D eigenvalue weighted by Crippen LogP contribution is 2.39. The van der Waals surface area contributed by atoms with Gasteiger partial charge >= 0.3 is 0 Å². The second-order valence-electron chi connectivity index (χ2n) is 5.61. The standard InChI is InChI=1S/C12H15ClN4/c1-12(2,3)17-11-8(6-14-17)9(13)15-10(16-11)7-4-5-7/h6-7H,4-5H2,1-3H3. The minimum atomic E-state index is -0.0970. The third-order valence-electron chi connectivity index (χ3n) is 2.98. The van der Waals surface area contributed by atoms with Crippen molar-refractivity contribution in [2.45, 2.75) is 45.1 Å². The summed E-state index contributed by atoms with van der Waals surface area (Å²) in [6.07, 6.45) is 4.09. The average molecular weight is 251 g/mol. The molecule has 1 aliphatic carbocycles. The molecule has 0 atom stereocenters. The van der Waals surface area contributed by atoms with Gasteiger partial charge in [-0.1, -0.05) is 11.6 Å². The third-order valence-corrected chi connectivity index (χ3v) is 3.27. The SMILES string of the molecule is CC(C)(C)n1ncc2c(Cl)nc(C3CC3)nc21. The number of nitrogens with zero attached hydrogens (tertiary/aromatic N) is 4. The van der Waals surface area contributed by atoms with Gasteiger partial charge in [-0.2, -0.15) is 5.10 Å². The lowest BCUT2D eigenvalue weighted by Crippen LogP contribution is -2.23. The molecule has 2 heterocycles. The normalized spacial score (nSPS) is 16.7. The number of hydrogen-bond acceptors (Lipinski definition) is 3. The van der Waals surface area contributed by atoms with E-state index in [9.17, 15) is 0 Å². The molecule has 0 N–H and O–H groups in total. The van der Waals surface area contributed by atoms with Crippen molar-refractivity contribution in [1.82, 2.24) is 19.7 Å². The van der Waals surface area contributed by atoms with Crippen LogP contribution < -0.4 is 0 Å². The van der Waals surface area contributed by atoms with Crippen LogP contribution in [0.3, 0.4) is 0 Å². The molecule has 5 heteroatoms. The van der Waals surface area contributed by atoms with Gasteiger partial charge in [0, 0.05) is 5.92 Å². The molecule has 4 nitrogen and oxygen atoms in total. The van der Waals surface area contributed by atoms with Crippen LogP contribution in [0.1, 0.15) is 45.4 Å². The van der Waals surface area contributed by atoms with Gasteiger partial charge in [-0.25, -0.2) is 14.6 Å². The fraction of sp³-hybridized carbons (Fsp3) is 0.583. The Hall–Kier alpha value is -1.16. The highest BCUT2D eigenvalue weighted by atomic mass is 35.5. The first kappa shape index (κ1) is 11.0. The first-order valence-electron chi connectivity index (χ1n) is 5.88. The second kappa shape index (κ2) is 3.42. The topological polar surface area (TPSA) is 43.6 Å². The molecule has 2 aromatic heterocycles. The molecular weight excluding hydrogens is 236 g/mol. The summed E-state index contributed by atoms with van der Waals surface area (Å²) in [5, 5.41) is 5.74. The molecule has 90 valence electrons. The number of fused-ring (bicyclic) bond motifs is 1. The highest BCUT2D eigenvalue weighted by Gasteiger charge is 2.29. The second-order valence-corrected chi connectivity index (χ2v) is 5.97. The molecule has 1 aliphatic rings. The molecule has 0 bridgehead atoms. The lowest BCUT2D eigenvalue weighted by atomic mass is 10.1. The Morgan fingerprint density at radius 2 is 2.00 bits per heavy atom. The van der Waals surface area contributed by atoms with E-state index in [1.807, 2.05) is 4.68 Å². The zero-order chi connectivity index (χ0) is 12.2. The van der Waals surface area contributed by atoms with Crippen LogP contribution in [0, 0.1) is 0 Å². The van der Waals surface area contributed by atoms with Crippen LogP contribution in [0.4, 0.5) is 0 Å². The smallest absolute Gasteiger partial charge is 0.163 e. The maximum absolute atomic E-state index is 6.19. The molecule has 0 saturated heterocycles. The largest absolute Gasteiger partial charge is 0.242 e. The zero-order valence-electron chi connectivity index (χ0n) is 10.2. The van der Waals surface area contributed by atoms with Crippen molar-refractivity contribution in [2.75, 3.05) is 0 Å². The van der Waals surface area contributed by atoms with E-state index in [0.717, 1.165) is 16.9 Å². The van der Waals surface area contributed by atoms with Crippen molar-refractivity contribution in [2.24, 2.45) is 0 Å². The summed E-state index contributed by atoms with van der Waals surface area (Å²) in [6.45, 7) is 6.31. The Morgan fingerprint density at radius 1 is 1.29 bits per heavy atom. The Bertz CT molecular complexity index is 578. The van der Waals surface area contributed by atoms with E-state index in [1.165, 1.54) is 12.8 Å². The zero-order valence-corrected chi connectivity index (χ0v) is 11.0. The van der Waals surface area contributed by atoms with E-state index in [-0.39, 0.29) is 5.54 Å². The van der Waals surface area contributed by atoms with Gasteiger partial charge in [-0.05, 0) is 33.6 Å². The molecule has 0 radical (unpaired) electrons. The predicted octanol–water partition coefficient (Wildman–Crippen LogP) is 3.11. The highest BCUT2D eigenvalue weighted by molar-refractivity contribution is 6.33. The van der Waals surface area contributed by atoms with Gasteiger partial charge in [0.1, 0.15) is 11.0 Å². The van der Waals surface area contributed by atoms with E-state index >= 15 is 0 Å². The van der Waals surface area contributed by atoms with Crippen LogP contribution in [-0.4, -0.2) is 19.7 Å². The summed E-state index contributed by atoms with van der Waals surface area (Å²) >= 11 is 6.19. The predicted molar refractivity (Wildman–Crippen MR) is 67.3 cm³/mol. The van der Waals surface area contributed by atoms with Crippen LogP contribution in [0.25, 0.3) is 11.0 Å². The fourth-order valence-electron chi connectivity index (χ4n) is 1.90. The van der Waals surface area contributed by atoms with Gasteiger partial charge < -0.3 is 0 Å². The number of hydrogen-bond donors (Lipinski definition) is 0. The summed E-state index contributed by atoms with van der Waals surface area (Å²) in [6, 6.07) is 0. The first-order valence-corrected chi connectivity index (χ1v) is 6.26. The molecule has 0 spiro atoms. The maximum atomic E-state index is 6.19. The minimum Gasteiger partial charge on any atom is -0.242 e. The summed E-state index contributed by atoms with van der Waals surface area (Å²) in [7, 11) is 0. The van der Waals surface area contributed by atoms with Gasteiger partial charge in [0.15, 0.2) is 5.65 Å². The molecule has 0 unspecified atom stereocenters. The molecule has 0 aromatic carbocycles. The third kappa shape index (κ3) is 1.80. The lowest BCUT2D eigenvalue weighted by molar-refractivity contribution is 0.365. The quantitative estimate of drug-likeness (QED) is 0.731. The van der Waals surface area contributed by atoms with Gasteiger partial charge in [0.25, 0.3) is 0 Å². The van der Waals surface area contributed by atoms with Crippen molar-refractivity contribution in [3.8, 4) is 0 Å². The minimum absolute atomic E-state index is 0.0970. The van der Waals surface area contributed by atoms with Crippen molar-refractivity contribution >= 4 is 22.6 Å². The van der Waals surface area contributed by atoms with Gasteiger partial charge in [-0.15, -0.1) is 0 Å². The molecule has 0 aliphatic heterocycles. The van der Waals surface area contributed by atoms with Gasteiger partial charge in [0.2, 0.25) is 0 Å². The van der Waals surface area contributed by atoms with Crippen molar-refractivity contribution in [3.05, 3.63) is 17.2 Å². The first-order chi connectivity index (χ1) is 7.97. The van der Waals surface area contributed by atoms with Gasteiger partial charge in [0.05, 0.1) is 17.1 Å². The Balaban J connectivity index is 2.25. The molecule has 1 fully saturated rings. The Kier molecular flexibility index (Phi) is 2.20. The van der Waals surface area contributed by atoms with Crippen molar-refractivity contribution < 1.29 is 0 Å². The van der Waals surface area contributed by atoms with E-state index in [0.29, 0.717) is 11.1 Å². The molecule has 1 saturated carbocycles. The summed E-state index contributed by atoms with van der Waals surface area (Å²) in [5.41, 5.74) is 0.750. The van der Waals surface area contributed by atoms with Crippen molar-refractivity contribution in [1.29, 1.82) is 0 Å². The number of rotatable bonds is 1. The molecule has 3 rings (SSSR count). The van der Waals surface area contributed by atoms with E-state index in [2.05, 4.69) is 35.8 Å². The number of halogens is 1. The fourth-order valence-corrected chi connectivity index (χ4v) is 2.12. The molecule has 0 amide bonds. The van der Waals surface area contributed by atoms with Gasteiger partial charge in [-0.3, -0.25) is 0 Å². The Morgan fingerprint density at radius 3 is 2.59 bits per heavy atom. The monoisotopic (exact) mass is 250 g/mol. The molecule has 2 aromatic rings. The molecule has 17 heavy (non-hydrogen) atoms.